The van der Waals surface area contributed by atoms with Crippen molar-refractivity contribution in [3.8, 4) is 17.0 Å². The number of hydrogen-bond acceptors (Lipinski definition) is 11. The number of aliphatic hydroxyl groups excluding tert-OH is 1. The van der Waals surface area contributed by atoms with E-state index in [-0.39, 0.29) is 19.0 Å². The maximum absolute atomic E-state index is 12.1. The van der Waals surface area contributed by atoms with Gasteiger partial charge in [-0.25, -0.2) is 19.4 Å². The van der Waals surface area contributed by atoms with Gasteiger partial charge in [0.15, 0.2) is 11.6 Å². The van der Waals surface area contributed by atoms with Crippen LogP contribution in [-0.4, -0.2) is 74.9 Å². The summed E-state index contributed by atoms with van der Waals surface area (Å²) in [7, 11) is 0. The number of nitrogens with one attached hydrogen (secondary N) is 2. The third-order valence-electron chi connectivity index (χ3n) is 5.54. The molecule has 1 aromatic carbocycles. The first kappa shape index (κ1) is 27.8. The molecule has 0 amide bonds. The number of anilines is 1. The number of carbonyl (C=O) groups excluding carboxylic acids is 1. The number of aromatic nitrogens is 5. The number of alkyl halides is 3. The van der Waals surface area contributed by atoms with Crippen molar-refractivity contribution < 1.29 is 37.2 Å². The Balaban J connectivity index is 1.34. The largest absolute Gasteiger partial charge is 0.490 e. The van der Waals surface area contributed by atoms with Gasteiger partial charge >= 0.3 is 12.1 Å². The number of aliphatic hydroxyl groups is 1. The van der Waals surface area contributed by atoms with Crippen molar-refractivity contribution in [3.05, 3.63) is 48.0 Å². The molecule has 0 radical (unpaired) electrons. The number of H-pyrrole nitrogens is 1. The molecule has 0 aliphatic carbocycles. The molecule has 208 valence electrons. The molecule has 0 unspecified atom stereocenters. The number of pyridine rings is 1. The average molecular weight is 550 g/mol. The zero-order valence-electron chi connectivity index (χ0n) is 20.6. The Hall–Kier alpha value is -4.24. The number of halogens is 3. The first-order chi connectivity index (χ1) is 18.7. The number of hydrogen-bond donors (Lipinski definition) is 4. The molecule has 0 aliphatic heterocycles. The standard InChI is InChI=1S/C24H26F3N7O5/c25-24(26,27)23(36)38-13-15(35)11-29-9-4-10-37-17-12-30-19(14-5-2-1-3-6-14)21-20(17)31-18(32-21)8-7-16-22(28)34-39-33-16/h1-3,5-6,12,15,29,35H,4,7-11,13H2,(H2,28,34)(H,31,32)/t15-/m0/s1. The van der Waals surface area contributed by atoms with Crippen LogP contribution in [0.25, 0.3) is 22.3 Å². The number of nitrogen functional groups attached to an aromatic ring is 1. The van der Waals surface area contributed by atoms with Crippen LogP contribution in [0.5, 0.6) is 5.75 Å². The minimum absolute atomic E-state index is 0.0574. The summed E-state index contributed by atoms with van der Waals surface area (Å²) in [6.07, 6.45) is -3.30. The summed E-state index contributed by atoms with van der Waals surface area (Å²) in [6.45, 7) is -0.146. The van der Waals surface area contributed by atoms with Gasteiger partial charge in [0, 0.05) is 24.9 Å². The summed E-state index contributed by atoms with van der Waals surface area (Å²) in [4.78, 5) is 23.3. The minimum Gasteiger partial charge on any atom is -0.490 e. The fourth-order valence-corrected chi connectivity index (χ4v) is 3.64. The molecule has 0 bridgehead atoms. The molecular formula is C24H26F3N7O5. The smallest absolute Gasteiger partial charge is 0.490 e. The van der Waals surface area contributed by atoms with Gasteiger partial charge in [-0.05, 0) is 18.1 Å². The second-order valence-electron chi connectivity index (χ2n) is 8.50. The van der Waals surface area contributed by atoms with Crippen LogP contribution >= 0.6 is 0 Å². The Kier molecular flexibility index (Phi) is 8.93. The Labute approximate surface area is 219 Å². The number of rotatable bonds is 13. The molecule has 0 aliphatic rings. The monoisotopic (exact) mass is 549 g/mol. The molecule has 4 rings (SSSR count). The highest BCUT2D eigenvalue weighted by molar-refractivity contribution is 5.93. The summed E-state index contributed by atoms with van der Waals surface area (Å²) in [5.74, 6) is -0.950. The summed E-state index contributed by atoms with van der Waals surface area (Å²) < 4.78 is 51.0. The fourth-order valence-electron chi connectivity index (χ4n) is 3.64. The molecule has 5 N–H and O–H groups in total. The number of ether oxygens (including phenoxy) is 2. The van der Waals surface area contributed by atoms with Crippen LogP contribution in [0.15, 0.2) is 41.2 Å². The van der Waals surface area contributed by atoms with Crippen LogP contribution in [0.3, 0.4) is 0 Å². The van der Waals surface area contributed by atoms with Gasteiger partial charge in [-0.1, -0.05) is 35.5 Å². The lowest BCUT2D eigenvalue weighted by Gasteiger charge is -2.13. The van der Waals surface area contributed by atoms with Gasteiger partial charge in [-0.15, -0.1) is 0 Å². The second kappa shape index (κ2) is 12.5. The normalized spacial score (nSPS) is 12.5. The molecule has 12 nitrogen and oxygen atoms in total. The highest BCUT2D eigenvalue weighted by Gasteiger charge is 2.41. The third kappa shape index (κ3) is 7.42. The van der Waals surface area contributed by atoms with Crippen LogP contribution < -0.4 is 15.8 Å². The Morgan fingerprint density at radius 1 is 1.21 bits per heavy atom. The number of benzene rings is 1. The number of imidazole rings is 1. The van der Waals surface area contributed by atoms with Crippen molar-refractivity contribution in [2.75, 3.05) is 32.0 Å². The van der Waals surface area contributed by atoms with Crippen LogP contribution in [0.2, 0.25) is 0 Å². The molecular weight excluding hydrogens is 523 g/mol. The predicted molar refractivity (Wildman–Crippen MR) is 131 cm³/mol. The first-order valence-corrected chi connectivity index (χ1v) is 12.0. The Morgan fingerprint density at radius 2 is 2.00 bits per heavy atom. The van der Waals surface area contributed by atoms with E-state index >= 15 is 0 Å². The van der Waals surface area contributed by atoms with E-state index in [2.05, 4.69) is 35.0 Å². The minimum atomic E-state index is -5.10. The maximum atomic E-state index is 12.1. The van der Waals surface area contributed by atoms with E-state index in [1.165, 1.54) is 0 Å². The van der Waals surface area contributed by atoms with Gasteiger partial charge < -0.3 is 30.6 Å². The molecule has 0 saturated heterocycles. The molecule has 0 saturated carbocycles. The van der Waals surface area contributed by atoms with Gasteiger partial charge in [0.2, 0.25) is 0 Å². The number of nitrogens with two attached hydrogens (primary N) is 1. The fraction of sp³-hybridized carbons (Fsp3) is 0.375. The molecule has 3 heterocycles. The number of fused-ring (bicyclic) bond motifs is 1. The quantitative estimate of drug-likeness (QED) is 0.142. The number of nitrogens with zero attached hydrogens (tertiary/aromatic N) is 4. The van der Waals surface area contributed by atoms with Crippen LogP contribution in [0.4, 0.5) is 19.0 Å². The van der Waals surface area contributed by atoms with E-state index in [4.69, 9.17) is 15.5 Å². The number of carbonyl (C=O) groups is 1. The van der Waals surface area contributed by atoms with Crippen molar-refractivity contribution in [1.82, 2.24) is 30.6 Å². The molecule has 39 heavy (non-hydrogen) atoms. The zero-order valence-corrected chi connectivity index (χ0v) is 20.6. The molecule has 0 spiro atoms. The first-order valence-electron chi connectivity index (χ1n) is 12.0. The van der Waals surface area contributed by atoms with E-state index < -0.39 is 24.9 Å². The van der Waals surface area contributed by atoms with E-state index in [1.807, 2.05) is 30.3 Å². The number of esters is 1. The lowest BCUT2D eigenvalue weighted by atomic mass is 10.1. The molecule has 15 heteroatoms. The van der Waals surface area contributed by atoms with Crippen molar-refractivity contribution in [1.29, 1.82) is 0 Å². The van der Waals surface area contributed by atoms with Crippen molar-refractivity contribution in [2.24, 2.45) is 0 Å². The highest BCUT2D eigenvalue weighted by Crippen LogP contribution is 2.31. The molecule has 0 fully saturated rings. The van der Waals surface area contributed by atoms with Crippen LogP contribution in [0.1, 0.15) is 17.9 Å². The van der Waals surface area contributed by atoms with Gasteiger partial charge in [-0.2, -0.15) is 13.2 Å². The summed E-state index contributed by atoms with van der Waals surface area (Å²) >= 11 is 0. The summed E-state index contributed by atoms with van der Waals surface area (Å²) in [5.41, 5.74) is 9.15. The van der Waals surface area contributed by atoms with Crippen molar-refractivity contribution >= 4 is 22.8 Å². The molecule has 4 aromatic rings. The topological polar surface area (TPSA) is 174 Å². The number of aromatic amines is 1. The Morgan fingerprint density at radius 3 is 2.72 bits per heavy atom. The van der Waals surface area contributed by atoms with E-state index in [9.17, 15) is 23.1 Å². The maximum Gasteiger partial charge on any atom is 0.490 e. The second-order valence-corrected chi connectivity index (χ2v) is 8.50. The Bertz CT molecular complexity index is 1380. The third-order valence-corrected chi connectivity index (χ3v) is 5.54. The SMILES string of the molecule is Nc1nonc1CCc1nc2c(-c3ccccc3)ncc(OCCCNC[C@H](O)COC(=O)C(F)(F)F)c2[nH]1. The average Bonchev–Trinajstić information content (AvgIpc) is 3.53. The van der Waals surface area contributed by atoms with Crippen molar-refractivity contribution in [2.45, 2.75) is 31.5 Å². The van der Waals surface area contributed by atoms with E-state index in [0.29, 0.717) is 59.8 Å². The molecule has 1 atom stereocenters. The highest BCUT2D eigenvalue weighted by atomic mass is 19.4. The zero-order chi connectivity index (χ0) is 27.8. The van der Waals surface area contributed by atoms with Gasteiger partial charge in [0.1, 0.15) is 35.3 Å². The van der Waals surface area contributed by atoms with E-state index in [0.717, 1.165) is 5.56 Å². The summed E-state index contributed by atoms with van der Waals surface area (Å²) in [6, 6.07) is 9.59. The lowest BCUT2D eigenvalue weighted by Crippen LogP contribution is -2.34. The predicted octanol–water partition coefficient (Wildman–Crippen LogP) is 2.20. The lowest BCUT2D eigenvalue weighted by molar-refractivity contribution is -0.201. The van der Waals surface area contributed by atoms with Crippen LogP contribution in [0, 0.1) is 0 Å². The van der Waals surface area contributed by atoms with Gasteiger partial charge in [-0.3, -0.25) is 0 Å². The number of aryl methyl sites for hydroxylation is 2. The summed E-state index contributed by atoms with van der Waals surface area (Å²) in [5, 5.41) is 19.9. The van der Waals surface area contributed by atoms with E-state index in [1.54, 1.807) is 6.20 Å². The van der Waals surface area contributed by atoms with Gasteiger partial charge in [0.05, 0.1) is 18.5 Å². The molecule has 3 aromatic heterocycles. The van der Waals surface area contributed by atoms with Crippen LogP contribution in [-0.2, 0) is 22.4 Å². The van der Waals surface area contributed by atoms with Gasteiger partial charge in [0.25, 0.3) is 0 Å². The van der Waals surface area contributed by atoms with Crippen molar-refractivity contribution in [3.63, 3.8) is 0 Å².